The molecule has 2 heterocycles. The summed E-state index contributed by atoms with van der Waals surface area (Å²) in [4.78, 5) is 16.3. The van der Waals surface area contributed by atoms with Crippen LogP contribution < -0.4 is 5.32 Å². The molecule has 0 fully saturated rings. The fraction of sp³-hybridized carbons (Fsp3) is 0.286. The zero-order chi connectivity index (χ0) is 20.1. The van der Waals surface area contributed by atoms with Crippen LogP contribution in [0.3, 0.4) is 0 Å². The number of nitrogens with one attached hydrogen (secondary N) is 1. The minimum absolute atomic E-state index is 0.0255. The van der Waals surface area contributed by atoms with Gasteiger partial charge in [-0.2, -0.15) is 5.10 Å². The molecule has 3 aromatic rings. The Labute approximate surface area is 163 Å². The quantitative estimate of drug-likeness (QED) is 0.658. The Kier molecular flexibility index (Phi) is 5.84. The van der Waals surface area contributed by atoms with Crippen LogP contribution in [-0.2, 0) is 17.8 Å². The Morgan fingerprint density at radius 2 is 1.86 bits per heavy atom. The van der Waals surface area contributed by atoms with Crippen LogP contribution in [0.15, 0.2) is 54.9 Å². The summed E-state index contributed by atoms with van der Waals surface area (Å²) >= 11 is 0. The molecule has 0 spiro atoms. The molecule has 0 unspecified atom stereocenters. The van der Waals surface area contributed by atoms with Crippen LogP contribution in [0, 0.1) is 5.82 Å². The van der Waals surface area contributed by atoms with Gasteiger partial charge in [0, 0.05) is 36.6 Å². The molecule has 1 amide bonds. The Hall–Kier alpha value is -3.06. The van der Waals surface area contributed by atoms with Crippen molar-refractivity contribution in [2.45, 2.75) is 32.4 Å². The molecule has 0 saturated heterocycles. The standard InChI is InChI=1S/C21H23FN4O2/c1-21(2,28)14-24-20(27)13-26-18(11-15-3-5-17(22)6-4-15)12-19(25-26)16-7-9-23-10-8-16/h3-10,12,28H,11,13-14H2,1-2H3,(H,24,27). The summed E-state index contributed by atoms with van der Waals surface area (Å²) in [5.41, 5.74) is 2.39. The average molecular weight is 382 g/mol. The predicted octanol–water partition coefficient (Wildman–Crippen LogP) is 2.56. The van der Waals surface area contributed by atoms with Crippen LogP contribution in [0.2, 0.25) is 0 Å². The van der Waals surface area contributed by atoms with Crippen LogP contribution in [0.1, 0.15) is 25.1 Å². The molecular weight excluding hydrogens is 359 g/mol. The number of aromatic nitrogens is 3. The molecule has 0 bridgehead atoms. The molecule has 0 atom stereocenters. The van der Waals surface area contributed by atoms with Crippen LogP contribution in [0.4, 0.5) is 4.39 Å². The highest BCUT2D eigenvalue weighted by Crippen LogP contribution is 2.20. The van der Waals surface area contributed by atoms with E-state index in [1.54, 1.807) is 43.1 Å². The fourth-order valence-electron chi connectivity index (χ4n) is 2.72. The summed E-state index contributed by atoms with van der Waals surface area (Å²) in [7, 11) is 0. The Balaban J connectivity index is 1.84. The van der Waals surface area contributed by atoms with Crippen LogP contribution in [0.25, 0.3) is 11.3 Å². The van der Waals surface area contributed by atoms with Crippen LogP contribution in [0.5, 0.6) is 0 Å². The molecule has 7 heteroatoms. The van der Waals surface area contributed by atoms with Crippen molar-refractivity contribution in [1.82, 2.24) is 20.1 Å². The molecule has 2 N–H and O–H groups in total. The smallest absolute Gasteiger partial charge is 0.241 e. The van der Waals surface area contributed by atoms with Crippen molar-refractivity contribution in [2.75, 3.05) is 6.54 Å². The van der Waals surface area contributed by atoms with E-state index in [-0.39, 0.29) is 24.8 Å². The van der Waals surface area contributed by atoms with Gasteiger partial charge in [0.15, 0.2) is 0 Å². The van der Waals surface area contributed by atoms with Crippen LogP contribution >= 0.6 is 0 Å². The zero-order valence-electron chi connectivity index (χ0n) is 15.9. The van der Waals surface area contributed by atoms with Crippen molar-refractivity contribution in [3.63, 3.8) is 0 Å². The third-order valence-corrected chi connectivity index (χ3v) is 4.15. The van der Waals surface area contributed by atoms with Gasteiger partial charge in [-0.25, -0.2) is 4.39 Å². The molecule has 6 nitrogen and oxygen atoms in total. The van der Waals surface area contributed by atoms with E-state index < -0.39 is 5.60 Å². The number of hydrogen-bond acceptors (Lipinski definition) is 4. The molecule has 0 radical (unpaired) electrons. The van der Waals surface area contributed by atoms with Gasteiger partial charge in [0.2, 0.25) is 5.91 Å². The van der Waals surface area contributed by atoms with Gasteiger partial charge in [0.25, 0.3) is 0 Å². The number of benzene rings is 1. The first-order valence-electron chi connectivity index (χ1n) is 9.01. The van der Waals surface area contributed by atoms with Gasteiger partial charge >= 0.3 is 0 Å². The number of aliphatic hydroxyl groups is 1. The molecule has 146 valence electrons. The van der Waals surface area contributed by atoms with E-state index in [0.717, 1.165) is 22.5 Å². The molecule has 0 aliphatic rings. The first-order chi connectivity index (χ1) is 13.3. The summed E-state index contributed by atoms with van der Waals surface area (Å²) in [5.74, 6) is -0.535. The summed E-state index contributed by atoms with van der Waals surface area (Å²) in [6, 6.07) is 11.9. The number of carbonyl (C=O) groups excluding carboxylic acids is 1. The maximum atomic E-state index is 13.2. The van der Waals surface area contributed by atoms with Crippen molar-refractivity contribution >= 4 is 5.91 Å². The van der Waals surface area contributed by atoms with Crippen molar-refractivity contribution in [1.29, 1.82) is 0 Å². The van der Waals surface area contributed by atoms with E-state index in [0.29, 0.717) is 6.42 Å². The van der Waals surface area contributed by atoms with E-state index in [1.807, 2.05) is 18.2 Å². The molecular formula is C21H23FN4O2. The molecule has 0 saturated carbocycles. The molecule has 28 heavy (non-hydrogen) atoms. The molecule has 1 aromatic carbocycles. The van der Waals surface area contributed by atoms with Gasteiger partial charge in [-0.3, -0.25) is 14.5 Å². The number of halogens is 1. The number of nitrogens with zero attached hydrogens (tertiary/aromatic N) is 3. The summed E-state index contributed by atoms with van der Waals surface area (Å²) in [6.45, 7) is 3.43. The van der Waals surface area contributed by atoms with Gasteiger partial charge in [-0.1, -0.05) is 12.1 Å². The fourth-order valence-corrected chi connectivity index (χ4v) is 2.72. The second-order valence-electron chi connectivity index (χ2n) is 7.31. The first-order valence-corrected chi connectivity index (χ1v) is 9.01. The monoisotopic (exact) mass is 382 g/mol. The lowest BCUT2D eigenvalue weighted by molar-refractivity contribution is -0.122. The maximum absolute atomic E-state index is 13.2. The maximum Gasteiger partial charge on any atom is 0.241 e. The second kappa shape index (κ2) is 8.31. The van der Waals surface area contributed by atoms with Gasteiger partial charge in [-0.05, 0) is 49.7 Å². The number of hydrogen-bond donors (Lipinski definition) is 2. The third kappa shape index (κ3) is 5.47. The van der Waals surface area contributed by atoms with Gasteiger partial charge in [0.05, 0.1) is 11.3 Å². The Bertz CT molecular complexity index is 931. The molecule has 0 aliphatic carbocycles. The van der Waals surface area contributed by atoms with Crippen LogP contribution in [-0.4, -0.2) is 37.9 Å². The summed E-state index contributed by atoms with van der Waals surface area (Å²) in [6.07, 6.45) is 3.88. The highest BCUT2D eigenvalue weighted by molar-refractivity contribution is 5.76. The van der Waals surface area contributed by atoms with Gasteiger partial charge < -0.3 is 10.4 Å². The Morgan fingerprint density at radius 1 is 1.18 bits per heavy atom. The highest BCUT2D eigenvalue weighted by atomic mass is 19.1. The number of amides is 1. The molecule has 2 aromatic heterocycles. The lowest BCUT2D eigenvalue weighted by atomic mass is 10.1. The SMILES string of the molecule is CC(C)(O)CNC(=O)Cn1nc(-c2ccncc2)cc1Cc1ccc(F)cc1. The van der Waals surface area contributed by atoms with Gasteiger partial charge in [0.1, 0.15) is 12.4 Å². The van der Waals surface area contributed by atoms with E-state index in [2.05, 4.69) is 15.4 Å². The largest absolute Gasteiger partial charge is 0.389 e. The topological polar surface area (TPSA) is 80.0 Å². The van der Waals surface area contributed by atoms with E-state index in [4.69, 9.17) is 0 Å². The third-order valence-electron chi connectivity index (χ3n) is 4.15. The Morgan fingerprint density at radius 3 is 2.50 bits per heavy atom. The highest BCUT2D eigenvalue weighted by Gasteiger charge is 2.16. The van der Waals surface area contributed by atoms with Crippen molar-refractivity contribution in [3.05, 3.63) is 71.9 Å². The number of carbonyl (C=O) groups is 1. The normalized spacial score (nSPS) is 11.4. The zero-order valence-corrected chi connectivity index (χ0v) is 15.9. The number of pyridine rings is 1. The first kappa shape index (κ1) is 19.7. The number of rotatable bonds is 7. The summed E-state index contributed by atoms with van der Waals surface area (Å²) < 4.78 is 14.8. The summed E-state index contributed by atoms with van der Waals surface area (Å²) in [5, 5.41) is 17.1. The van der Waals surface area contributed by atoms with E-state index in [9.17, 15) is 14.3 Å². The molecule has 3 rings (SSSR count). The van der Waals surface area contributed by atoms with Crippen molar-refractivity contribution in [2.24, 2.45) is 0 Å². The van der Waals surface area contributed by atoms with Crippen molar-refractivity contribution < 1.29 is 14.3 Å². The molecule has 0 aliphatic heterocycles. The lowest BCUT2D eigenvalue weighted by Gasteiger charge is -2.17. The second-order valence-corrected chi connectivity index (χ2v) is 7.31. The minimum Gasteiger partial charge on any atom is -0.389 e. The van der Waals surface area contributed by atoms with E-state index in [1.165, 1.54) is 12.1 Å². The van der Waals surface area contributed by atoms with E-state index >= 15 is 0 Å². The predicted molar refractivity (Wildman–Crippen MR) is 104 cm³/mol. The van der Waals surface area contributed by atoms with Crippen molar-refractivity contribution in [3.8, 4) is 11.3 Å². The average Bonchev–Trinajstić information content (AvgIpc) is 3.04. The lowest BCUT2D eigenvalue weighted by Crippen LogP contribution is -2.39. The van der Waals surface area contributed by atoms with Gasteiger partial charge in [-0.15, -0.1) is 0 Å². The minimum atomic E-state index is -0.987.